The lowest BCUT2D eigenvalue weighted by Gasteiger charge is -2.09. The average molecular weight is 250 g/mol. The normalized spacial score (nSPS) is 10.0. The number of rotatable bonds is 4. The van der Waals surface area contributed by atoms with E-state index in [1.165, 1.54) is 6.20 Å². The van der Waals surface area contributed by atoms with Crippen LogP contribution in [0.25, 0.3) is 0 Å². The summed E-state index contributed by atoms with van der Waals surface area (Å²) in [5.74, 6) is 0.981. The maximum Gasteiger partial charge on any atom is 0.256 e. The summed E-state index contributed by atoms with van der Waals surface area (Å²) in [6, 6.07) is 11.6. The molecule has 0 aliphatic rings. The van der Waals surface area contributed by atoms with Crippen molar-refractivity contribution in [2.24, 2.45) is 0 Å². The highest BCUT2D eigenvalue weighted by Gasteiger charge is 2.06. The fourth-order valence-corrected chi connectivity index (χ4v) is 1.55. The van der Waals surface area contributed by atoms with Crippen molar-refractivity contribution in [1.29, 1.82) is 0 Å². The first-order valence-electron chi connectivity index (χ1n) is 5.16. The van der Waals surface area contributed by atoms with Gasteiger partial charge in [0.05, 0.1) is 12.1 Å². The maximum absolute atomic E-state index is 5.86. The maximum atomic E-state index is 5.86. The van der Waals surface area contributed by atoms with Crippen LogP contribution in [0.4, 0.5) is 0 Å². The summed E-state index contributed by atoms with van der Waals surface area (Å²) in [4.78, 5) is 4.03. The Labute approximate surface area is 105 Å². The summed E-state index contributed by atoms with van der Waals surface area (Å²) < 4.78 is 10.7. The van der Waals surface area contributed by atoms with Crippen LogP contribution in [0.15, 0.2) is 42.6 Å². The zero-order chi connectivity index (χ0) is 12.1. The molecule has 1 heterocycles. The van der Waals surface area contributed by atoms with Crippen LogP contribution >= 0.6 is 11.6 Å². The molecule has 4 heteroatoms. The van der Waals surface area contributed by atoms with Gasteiger partial charge in [0.25, 0.3) is 5.88 Å². The Hall–Kier alpha value is -1.74. The van der Waals surface area contributed by atoms with E-state index < -0.39 is 0 Å². The minimum atomic E-state index is 0.435. The van der Waals surface area contributed by atoms with Crippen molar-refractivity contribution in [1.82, 2.24) is 4.98 Å². The third kappa shape index (κ3) is 3.11. The Morgan fingerprint density at radius 1 is 1.24 bits per heavy atom. The molecule has 0 N–H and O–H groups in total. The lowest BCUT2D eigenvalue weighted by molar-refractivity contribution is 0.279. The minimum Gasteiger partial charge on any atom is -0.483 e. The predicted octanol–water partition coefficient (Wildman–Crippen LogP) is 3.32. The largest absolute Gasteiger partial charge is 0.483 e. The SMILES string of the molecule is COc1ncc(Cl)cc1OCc1ccccc1. The number of halogens is 1. The molecule has 0 spiro atoms. The van der Waals surface area contributed by atoms with Gasteiger partial charge in [0, 0.05) is 12.3 Å². The smallest absolute Gasteiger partial charge is 0.256 e. The first-order valence-corrected chi connectivity index (χ1v) is 5.53. The van der Waals surface area contributed by atoms with Crippen molar-refractivity contribution >= 4 is 11.6 Å². The topological polar surface area (TPSA) is 31.4 Å². The summed E-state index contributed by atoms with van der Waals surface area (Å²) in [5, 5.41) is 0.522. The van der Waals surface area contributed by atoms with Crippen LogP contribution in [-0.4, -0.2) is 12.1 Å². The summed E-state index contributed by atoms with van der Waals surface area (Å²) in [5.41, 5.74) is 1.08. The van der Waals surface area contributed by atoms with E-state index in [-0.39, 0.29) is 0 Å². The molecule has 1 aromatic heterocycles. The van der Waals surface area contributed by atoms with Crippen molar-refractivity contribution in [3.63, 3.8) is 0 Å². The number of hydrogen-bond acceptors (Lipinski definition) is 3. The second-order valence-electron chi connectivity index (χ2n) is 3.44. The second kappa shape index (κ2) is 5.55. The molecule has 0 aliphatic carbocycles. The molecule has 0 fully saturated rings. The molecular formula is C13H12ClNO2. The van der Waals surface area contributed by atoms with Crippen LogP contribution in [0.1, 0.15) is 5.56 Å². The Balaban J connectivity index is 2.11. The molecule has 17 heavy (non-hydrogen) atoms. The van der Waals surface area contributed by atoms with Gasteiger partial charge in [0.15, 0.2) is 5.75 Å². The zero-order valence-corrected chi connectivity index (χ0v) is 10.1. The molecule has 2 aromatic rings. The molecule has 0 unspecified atom stereocenters. The van der Waals surface area contributed by atoms with Gasteiger partial charge in [-0.3, -0.25) is 0 Å². The van der Waals surface area contributed by atoms with Gasteiger partial charge in [-0.2, -0.15) is 0 Å². The second-order valence-corrected chi connectivity index (χ2v) is 3.87. The van der Waals surface area contributed by atoms with Crippen LogP contribution in [0.5, 0.6) is 11.6 Å². The summed E-state index contributed by atoms with van der Waals surface area (Å²) >= 11 is 5.86. The van der Waals surface area contributed by atoms with E-state index in [2.05, 4.69) is 4.98 Å². The Morgan fingerprint density at radius 3 is 2.71 bits per heavy atom. The number of aromatic nitrogens is 1. The van der Waals surface area contributed by atoms with Crippen LogP contribution < -0.4 is 9.47 Å². The number of nitrogens with zero attached hydrogens (tertiary/aromatic N) is 1. The quantitative estimate of drug-likeness (QED) is 0.833. The van der Waals surface area contributed by atoms with Gasteiger partial charge >= 0.3 is 0 Å². The van der Waals surface area contributed by atoms with Gasteiger partial charge in [-0.25, -0.2) is 4.98 Å². The van der Waals surface area contributed by atoms with E-state index in [9.17, 15) is 0 Å². The number of pyridine rings is 1. The molecule has 1 aromatic carbocycles. The molecule has 0 saturated carbocycles. The number of ether oxygens (including phenoxy) is 2. The van der Waals surface area contributed by atoms with E-state index in [0.717, 1.165) is 5.56 Å². The molecule has 0 atom stereocenters. The Morgan fingerprint density at radius 2 is 2.00 bits per heavy atom. The lowest BCUT2D eigenvalue weighted by Crippen LogP contribution is -1.98. The standard InChI is InChI=1S/C13H12ClNO2/c1-16-13-12(7-11(14)8-15-13)17-9-10-5-3-2-4-6-10/h2-8H,9H2,1H3. The van der Waals surface area contributed by atoms with E-state index >= 15 is 0 Å². The molecular weight excluding hydrogens is 238 g/mol. The highest BCUT2D eigenvalue weighted by atomic mass is 35.5. The molecule has 0 bridgehead atoms. The molecule has 0 aliphatic heterocycles. The molecule has 88 valence electrons. The number of methoxy groups -OCH3 is 1. The van der Waals surface area contributed by atoms with E-state index in [1.807, 2.05) is 30.3 Å². The fourth-order valence-electron chi connectivity index (χ4n) is 1.40. The zero-order valence-electron chi connectivity index (χ0n) is 9.39. The van der Waals surface area contributed by atoms with Crippen LogP contribution in [0, 0.1) is 0 Å². The number of benzene rings is 1. The van der Waals surface area contributed by atoms with E-state index in [1.54, 1.807) is 13.2 Å². The van der Waals surface area contributed by atoms with Crippen molar-refractivity contribution in [3.05, 3.63) is 53.2 Å². The third-order valence-electron chi connectivity index (χ3n) is 2.22. The molecule has 2 rings (SSSR count). The van der Waals surface area contributed by atoms with Crippen LogP contribution in [-0.2, 0) is 6.61 Å². The Bertz CT molecular complexity index is 488. The van der Waals surface area contributed by atoms with Gasteiger partial charge in [-0.1, -0.05) is 41.9 Å². The number of hydrogen-bond donors (Lipinski definition) is 0. The first-order chi connectivity index (χ1) is 8.29. The first kappa shape index (κ1) is 11.7. The van der Waals surface area contributed by atoms with Gasteiger partial charge in [-0.05, 0) is 5.56 Å². The minimum absolute atomic E-state index is 0.435. The van der Waals surface area contributed by atoms with E-state index in [4.69, 9.17) is 21.1 Å². The van der Waals surface area contributed by atoms with Crippen molar-refractivity contribution in [3.8, 4) is 11.6 Å². The van der Waals surface area contributed by atoms with Crippen molar-refractivity contribution in [2.75, 3.05) is 7.11 Å². The summed E-state index contributed by atoms with van der Waals surface area (Å²) in [7, 11) is 1.55. The Kier molecular flexibility index (Phi) is 3.83. The van der Waals surface area contributed by atoms with Crippen molar-refractivity contribution in [2.45, 2.75) is 6.61 Å². The molecule has 3 nitrogen and oxygen atoms in total. The predicted molar refractivity (Wildman–Crippen MR) is 66.6 cm³/mol. The average Bonchev–Trinajstić information content (AvgIpc) is 2.38. The fraction of sp³-hybridized carbons (Fsp3) is 0.154. The van der Waals surface area contributed by atoms with Crippen LogP contribution in [0.3, 0.4) is 0 Å². The molecule has 0 saturated heterocycles. The molecule has 0 amide bonds. The van der Waals surface area contributed by atoms with Gasteiger partial charge in [-0.15, -0.1) is 0 Å². The van der Waals surface area contributed by atoms with Gasteiger partial charge in [0.1, 0.15) is 6.61 Å². The van der Waals surface area contributed by atoms with Gasteiger partial charge in [0.2, 0.25) is 0 Å². The molecule has 0 radical (unpaired) electrons. The monoisotopic (exact) mass is 249 g/mol. The van der Waals surface area contributed by atoms with Crippen molar-refractivity contribution < 1.29 is 9.47 Å². The highest BCUT2D eigenvalue weighted by molar-refractivity contribution is 6.30. The lowest BCUT2D eigenvalue weighted by atomic mass is 10.2. The van der Waals surface area contributed by atoms with E-state index in [0.29, 0.717) is 23.3 Å². The van der Waals surface area contributed by atoms with Crippen LogP contribution in [0.2, 0.25) is 5.02 Å². The van der Waals surface area contributed by atoms with Gasteiger partial charge < -0.3 is 9.47 Å². The summed E-state index contributed by atoms with van der Waals surface area (Å²) in [6.07, 6.45) is 1.52. The third-order valence-corrected chi connectivity index (χ3v) is 2.42. The highest BCUT2D eigenvalue weighted by Crippen LogP contribution is 2.27. The summed E-state index contributed by atoms with van der Waals surface area (Å²) in [6.45, 7) is 0.458.